The fourth-order valence-electron chi connectivity index (χ4n) is 2.67. The zero-order valence-electron chi connectivity index (χ0n) is 14.1. The van der Waals surface area contributed by atoms with Crippen molar-refractivity contribution in [2.75, 3.05) is 20.8 Å². The summed E-state index contributed by atoms with van der Waals surface area (Å²) in [6, 6.07) is 2.92. The zero-order chi connectivity index (χ0) is 20.4. The average Bonchev–Trinajstić information content (AvgIpc) is 2.61. The molecule has 0 fully saturated rings. The molecule has 0 spiro atoms. The van der Waals surface area contributed by atoms with Gasteiger partial charge in [0.25, 0.3) is 5.69 Å². The summed E-state index contributed by atoms with van der Waals surface area (Å²) in [6.07, 6.45) is -3.40. The van der Waals surface area contributed by atoms with E-state index in [0.29, 0.717) is 15.2 Å². The molecule has 1 N–H and O–H groups in total. The van der Waals surface area contributed by atoms with Crippen LogP contribution in [0.4, 0.5) is 18.9 Å². The number of alkyl halides is 3. The van der Waals surface area contributed by atoms with Crippen LogP contribution in [0.25, 0.3) is 0 Å². The number of pyridine rings is 1. The Bertz CT molecular complexity index is 861. The number of aromatic nitrogens is 1. The first-order chi connectivity index (χ1) is 12.6. The Morgan fingerprint density at radius 1 is 1.33 bits per heavy atom. The van der Waals surface area contributed by atoms with Gasteiger partial charge in [0, 0.05) is 32.9 Å². The Morgan fingerprint density at radius 2 is 2.00 bits per heavy atom. The first-order valence-corrected chi connectivity index (χ1v) is 8.46. The second-order valence-electron chi connectivity index (χ2n) is 5.32. The predicted molar refractivity (Wildman–Crippen MR) is 97.1 cm³/mol. The van der Waals surface area contributed by atoms with Crippen LogP contribution in [0, 0.1) is 13.7 Å². The summed E-state index contributed by atoms with van der Waals surface area (Å²) in [5.41, 5.74) is -1.88. The van der Waals surface area contributed by atoms with Crippen LogP contribution in [0.3, 0.4) is 0 Å². The minimum atomic E-state index is -4.84. The van der Waals surface area contributed by atoms with Crippen molar-refractivity contribution in [3.05, 3.63) is 54.8 Å². The molecule has 1 atom stereocenters. The number of rotatable bonds is 6. The molecule has 1 unspecified atom stereocenters. The average molecular weight is 498 g/mol. The first-order valence-electron chi connectivity index (χ1n) is 7.38. The van der Waals surface area contributed by atoms with Gasteiger partial charge in [-0.25, -0.2) is 4.98 Å². The van der Waals surface area contributed by atoms with Gasteiger partial charge in [-0.1, -0.05) is 0 Å². The summed E-state index contributed by atoms with van der Waals surface area (Å²) in [7, 11) is 2.36. The van der Waals surface area contributed by atoms with Gasteiger partial charge in [0.2, 0.25) is 5.88 Å². The smallest absolute Gasteiger partial charge is 0.420 e. The van der Waals surface area contributed by atoms with Crippen molar-refractivity contribution >= 4 is 28.3 Å². The van der Waals surface area contributed by atoms with Crippen LogP contribution in [-0.2, 0) is 6.18 Å². The largest absolute Gasteiger partial charge is 0.496 e. The molecule has 0 aliphatic carbocycles. The molecular weight excluding hydrogens is 484 g/mol. The van der Waals surface area contributed by atoms with E-state index in [1.54, 1.807) is 6.07 Å². The van der Waals surface area contributed by atoms with Gasteiger partial charge in [0.15, 0.2) is 0 Å². The molecular formula is C16H14F3IN2O5. The number of hydrogen-bond acceptors (Lipinski definition) is 6. The molecule has 11 heteroatoms. The van der Waals surface area contributed by atoms with Crippen LogP contribution in [0.2, 0.25) is 0 Å². The predicted octanol–water partition coefficient (Wildman–Crippen LogP) is 3.75. The molecule has 0 aliphatic rings. The van der Waals surface area contributed by atoms with Gasteiger partial charge in [0.1, 0.15) is 11.3 Å². The van der Waals surface area contributed by atoms with Crippen LogP contribution in [0.15, 0.2) is 24.4 Å². The second kappa shape index (κ2) is 8.25. The van der Waals surface area contributed by atoms with Gasteiger partial charge in [-0.3, -0.25) is 10.1 Å². The number of aliphatic hydroxyl groups excluding tert-OH is 1. The van der Waals surface area contributed by atoms with E-state index < -0.39 is 40.6 Å². The number of nitrogens with zero attached hydrogens (tertiary/aromatic N) is 2. The third-order valence-corrected chi connectivity index (χ3v) is 4.79. The van der Waals surface area contributed by atoms with Gasteiger partial charge < -0.3 is 14.6 Å². The maximum atomic E-state index is 13.2. The topological polar surface area (TPSA) is 94.7 Å². The molecule has 0 radical (unpaired) electrons. The first kappa shape index (κ1) is 21.2. The fraction of sp³-hybridized carbons (Fsp3) is 0.312. The summed E-state index contributed by atoms with van der Waals surface area (Å²) >= 11 is 1.93. The molecule has 0 aliphatic heterocycles. The Hall–Kier alpha value is -2.15. The molecule has 0 bridgehead atoms. The molecule has 27 heavy (non-hydrogen) atoms. The van der Waals surface area contributed by atoms with Crippen LogP contribution in [0.5, 0.6) is 11.6 Å². The van der Waals surface area contributed by atoms with Gasteiger partial charge in [-0.2, -0.15) is 13.2 Å². The second-order valence-corrected chi connectivity index (χ2v) is 6.48. The van der Waals surface area contributed by atoms with Crippen LogP contribution < -0.4 is 9.47 Å². The summed E-state index contributed by atoms with van der Waals surface area (Å²) in [4.78, 5) is 14.5. The maximum Gasteiger partial charge on any atom is 0.420 e. The van der Waals surface area contributed by atoms with Crippen LogP contribution >= 0.6 is 22.6 Å². The van der Waals surface area contributed by atoms with Gasteiger partial charge in [0.05, 0.1) is 25.7 Å². The standard InChI is InChI=1S/C16H14F3IN2O5/c1-26-13-5-8(12(22(24)25)6-10(13)16(17,18)19)9(7-23)14-11(20)3-4-21-15(14)27-2/h3-6,9,23H,7H2,1-2H3. The lowest BCUT2D eigenvalue weighted by molar-refractivity contribution is -0.386. The fourth-order valence-corrected chi connectivity index (χ4v) is 3.43. The summed E-state index contributed by atoms with van der Waals surface area (Å²) in [6.45, 7) is -0.618. The van der Waals surface area contributed by atoms with E-state index in [4.69, 9.17) is 9.47 Å². The molecule has 0 saturated heterocycles. The quantitative estimate of drug-likeness (QED) is 0.371. The lowest BCUT2D eigenvalue weighted by Gasteiger charge is -2.21. The molecule has 146 valence electrons. The molecule has 0 saturated carbocycles. The molecule has 2 rings (SSSR count). The van der Waals surface area contributed by atoms with Crippen molar-refractivity contribution in [2.24, 2.45) is 0 Å². The highest BCUT2D eigenvalue weighted by Crippen LogP contribution is 2.44. The van der Waals surface area contributed by atoms with E-state index in [9.17, 15) is 28.4 Å². The van der Waals surface area contributed by atoms with Crippen molar-refractivity contribution in [3.63, 3.8) is 0 Å². The van der Waals surface area contributed by atoms with E-state index in [1.165, 1.54) is 13.3 Å². The van der Waals surface area contributed by atoms with E-state index >= 15 is 0 Å². The van der Waals surface area contributed by atoms with E-state index in [2.05, 4.69) is 4.98 Å². The van der Waals surface area contributed by atoms with Crippen molar-refractivity contribution in [2.45, 2.75) is 12.1 Å². The number of aliphatic hydroxyl groups is 1. The Labute approximate surface area is 165 Å². The van der Waals surface area contributed by atoms with Crippen molar-refractivity contribution < 1.29 is 32.7 Å². The number of benzene rings is 1. The molecule has 0 amide bonds. The maximum absolute atomic E-state index is 13.2. The number of nitro groups is 1. The normalized spacial score (nSPS) is 12.6. The van der Waals surface area contributed by atoms with E-state index in [1.807, 2.05) is 22.6 Å². The van der Waals surface area contributed by atoms with Crippen molar-refractivity contribution in [1.29, 1.82) is 0 Å². The van der Waals surface area contributed by atoms with E-state index in [-0.39, 0.29) is 11.4 Å². The minimum absolute atomic E-state index is 0.106. The molecule has 2 aromatic rings. The highest BCUT2D eigenvalue weighted by Gasteiger charge is 2.39. The molecule has 1 aromatic heterocycles. The van der Waals surface area contributed by atoms with Gasteiger partial charge in [-0.15, -0.1) is 0 Å². The lowest BCUT2D eigenvalue weighted by Crippen LogP contribution is -2.15. The number of halogens is 4. The minimum Gasteiger partial charge on any atom is -0.496 e. The van der Waals surface area contributed by atoms with E-state index in [0.717, 1.165) is 13.2 Å². The third kappa shape index (κ3) is 4.24. The number of nitro benzene ring substituents is 1. The highest BCUT2D eigenvalue weighted by molar-refractivity contribution is 14.1. The number of hydrogen-bond donors (Lipinski definition) is 1. The van der Waals surface area contributed by atoms with Gasteiger partial charge >= 0.3 is 6.18 Å². The Morgan fingerprint density at radius 3 is 2.48 bits per heavy atom. The molecule has 1 aromatic carbocycles. The van der Waals surface area contributed by atoms with Crippen LogP contribution in [-0.4, -0.2) is 35.8 Å². The zero-order valence-corrected chi connectivity index (χ0v) is 16.2. The number of methoxy groups -OCH3 is 2. The van der Waals surface area contributed by atoms with Gasteiger partial charge in [-0.05, 0) is 34.7 Å². The number of ether oxygens (including phenoxy) is 2. The Kier molecular flexibility index (Phi) is 6.46. The molecule has 7 nitrogen and oxygen atoms in total. The third-order valence-electron chi connectivity index (χ3n) is 3.85. The monoisotopic (exact) mass is 498 g/mol. The SMILES string of the molecule is COc1cc(C(CO)c2c(I)ccnc2OC)c([N+](=O)[O-])cc1C(F)(F)F. The Balaban J connectivity index is 2.81. The van der Waals surface area contributed by atoms with Crippen LogP contribution in [0.1, 0.15) is 22.6 Å². The van der Waals surface area contributed by atoms with Crippen molar-refractivity contribution in [3.8, 4) is 11.6 Å². The summed E-state index contributed by atoms with van der Waals surface area (Å²) in [5.74, 6) is -1.52. The summed E-state index contributed by atoms with van der Waals surface area (Å²) < 4.78 is 50.2. The lowest BCUT2D eigenvalue weighted by atomic mass is 9.90. The summed E-state index contributed by atoms with van der Waals surface area (Å²) in [5, 5.41) is 21.4. The van der Waals surface area contributed by atoms with Crippen molar-refractivity contribution in [1.82, 2.24) is 4.98 Å². The highest BCUT2D eigenvalue weighted by atomic mass is 127. The molecule has 1 heterocycles.